The third-order valence-corrected chi connectivity index (χ3v) is 16.5. The summed E-state index contributed by atoms with van der Waals surface area (Å²) in [5.74, 6) is -10.1. The second kappa shape index (κ2) is 36.4. The highest BCUT2D eigenvalue weighted by Gasteiger charge is 2.40. The van der Waals surface area contributed by atoms with Crippen LogP contribution in [0.4, 0.5) is 0 Å². The number of aromatic amines is 1. The number of fused-ring (bicyclic) bond motifs is 1. The van der Waals surface area contributed by atoms with Crippen LogP contribution in [-0.4, -0.2) is 178 Å². The zero-order chi connectivity index (χ0) is 69.5. The van der Waals surface area contributed by atoms with Crippen LogP contribution in [0.15, 0.2) is 84.0 Å². The second-order valence-corrected chi connectivity index (χ2v) is 24.9. The van der Waals surface area contributed by atoms with Crippen LogP contribution in [-0.2, 0) is 76.8 Å². The number of nitrogens with one attached hydrogen (secondary N) is 11. The third kappa shape index (κ3) is 23.3. The number of primary amides is 1. The number of para-hydroxylation sites is 1. The SMILES string of the molecule is CC(=O)N[C@H](Cc1ccc(Cl)cc1)C(=O)N[C@H](Cc1ccc(Cl)cc1)C(=O)N[C@H](Cc1c[nH]c2ccccc12)C(=O)N[C@@H](CO)C(=O)N[C@@H]1CCC(=O)NCCC[C@@H](C(=O)N2CCC[C@@H]2C(=O)N[C@H](C)C(N)=O)NC(=O)[C@H](CC(C)C)NC(=O)[C@H](CCCN=C(N)N)NC1=O. The average molecular weight is 1360 g/mol. The number of aliphatic hydroxyl groups is 1. The van der Waals surface area contributed by atoms with Gasteiger partial charge in [-0.1, -0.05) is 79.5 Å². The molecule has 31 heteroatoms. The van der Waals surface area contributed by atoms with E-state index in [1.54, 1.807) is 92.8 Å². The summed E-state index contributed by atoms with van der Waals surface area (Å²) in [5, 5.41) is 38.9. The van der Waals surface area contributed by atoms with E-state index in [4.69, 9.17) is 40.4 Å². The molecule has 29 nitrogen and oxygen atoms in total. The minimum absolute atomic E-state index is 0.00163. The third-order valence-electron chi connectivity index (χ3n) is 16.0. The minimum atomic E-state index is -1.85. The van der Waals surface area contributed by atoms with Gasteiger partial charge in [0.2, 0.25) is 70.9 Å². The molecule has 0 unspecified atom stereocenters. The molecule has 2 aliphatic heterocycles. The standard InChI is InChI=1S/C64H86Cl2N16O13/c1-34(2)28-47-57(89)77-46(63(95)82-27-9-14-52(82)62(94)73-35(3)54(67)86)13-8-25-70-53(85)24-23-45(56(88)75-44(55(87)78-47)12-7-26-71-64(68)69)76-61(93)51(33-83)81-60(92)50(31-39-32-72-43-11-6-5-10-42(39)43)80-59(91)49(30-38-17-21-41(66)22-18-38)79-58(90)48(74-36(4)84)29-37-15-19-40(65)20-16-37/h5-6,10-11,15-22,32,34-35,44-52,72,83H,7-9,12-14,23-31,33H2,1-4H3,(H2,67,86)(H,70,85)(H,73,94)(H,74,84)(H,75,88)(H,76,93)(H,77,89)(H,78,87)(H,79,90)(H,80,91)(H,81,92)(H4,68,69,71)/t35-,44+,45-,46+,47+,48-,49-,50-,51+,52-/m1/s1. The number of aliphatic hydroxyl groups excluding tert-OH is 1. The molecule has 2 saturated heterocycles. The van der Waals surface area contributed by atoms with E-state index < -0.39 is 151 Å². The number of guanidine groups is 1. The van der Waals surface area contributed by atoms with Gasteiger partial charge in [-0.25, -0.2) is 0 Å². The van der Waals surface area contributed by atoms with Crippen molar-refractivity contribution in [1.29, 1.82) is 0 Å². The molecule has 2 fully saturated rings. The number of rotatable bonds is 26. The average Bonchev–Trinajstić information content (AvgIpc) is 1.75. The Hall–Kier alpha value is -9.35. The van der Waals surface area contributed by atoms with Crippen molar-refractivity contribution >= 4 is 111 Å². The highest BCUT2D eigenvalue weighted by Crippen LogP contribution is 2.23. The summed E-state index contributed by atoms with van der Waals surface area (Å²) < 4.78 is 0. The maximum Gasteiger partial charge on any atom is 0.245 e. The fourth-order valence-corrected chi connectivity index (χ4v) is 11.2. The van der Waals surface area contributed by atoms with E-state index in [-0.39, 0.29) is 89.3 Å². The molecule has 0 radical (unpaired) electrons. The van der Waals surface area contributed by atoms with Crippen LogP contribution < -0.4 is 70.4 Å². The van der Waals surface area contributed by atoms with Crippen molar-refractivity contribution in [2.75, 3.05) is 26.2 Å². The summed E-state index contributed by atoms with van der Waals surface area (Å²) in [6, 6.07) is 6.38. The van der Waals surface area contributed by atoms with E-state index in [0.29, 0.717) is 44.1 Å². The molecular formula is C64H86Cl2N16O13. The normalized spacial score (nSPS) is 19.7. The summed E-state index contributed by atoms with van der Waals surface area (Å²) in [5.41, 5.74) is 18.9. The lowest BCUT2D eigenvalue weighted by atomic mass is 10.0. The van der Waals surface area contributed by atoms with Crippen LogP contribution in [0, 0.1) is 5.92 Å². The van der Waals surface area contributed by atoms with Crippen LogP contribution >= 0.6 is 23.2 Å². The van der Waals surface area contributed by atoms with Crippen molar-refractivity contribution in [2.24, 2.45) is 28.1 Å². The summed E-state index contributed by atoms with van der Waals surface area (Å²) in [6.07, 6.45) is 1.06. The molecule has 3 aromatic carbocycles. The van der Waals surface area contributed by atoms with Gasteiger partial charge in [-0.3, -0.25) is 62.5 Å². The van der Waals surface area contributed by atoms with Crippen LogP contribution in [0.25, 0.3) is 10.9 Å². The number of benzene rings is 3. The Balaban J connectivity index is 1.27. The van der Waals surface area contributed by atoms with Crippen LogP contribution in [0.2, 0.25) is 10.0 Å². The lowest BCUT2D eigenvalue weighted by molar-refractivity contribution is -0.142. The minimum Gasteiger partial charge on any atom is -0.394 e. The summed E-state index contributed by atoms with van der Waals surface area (Å²) in [7, 11) is 0. The number of aromatic nitrogens is 1. The van der Waals surface area contributed by atoms with Gasteiger partial charge in [0, 0.05) is 79.4 Å². The van der Waals surface area contributed by atoms with Gasteiger partial charge in [-0.15, -0.1) is 0 Å². The Kier molecular flexibility index (Phi) is 28.6. The number of aliphatic imine (C=N–C) groups is 1. The number of halogens is 2. The van der Waals surface area contributed by atoms with Gasteiger partial charge in [0.25, 0.3) is 0 Å². The number of hydrogen-bond donors (Lipinski definition) is 15. The molecular weight excluding hydrogens is 1270 g/mol. The Morgan fingerprint density at radius 1 is 0.674 bits per heavy atom. The molecule has 0 bridgehead atoms. The Labute approximate surface area is 559 Å². The maximum atomic E-state index is 14.8. The molecule has 0 aliphatic carbocycles. The number of amides is 12. The first-order valence-electron chi connectivity index (χ1n) is 31.5. The molecule has 0 spiro atoms. The molecule has 18 N–H and O–H groups in total. The van der Waals surface area contributed by atoms with Crippen LogP contribution in [0.1, 0.15) is 102 Å². The van der Waals surface area contributed by atoms with E-state index >= 15 is 0 Å². The fraction of sp³-hybridized carbons (Fsp3) is 0.484. The number of H-pyrrole nitrogens is 1. The molecule has 514 valence electrons. The Morgan fingerprint density at radius 2 is 1.25 bits per heavy atom. The maximum absolute atomic E-state index is 14.8. The zero-order valence-electron chi connectivity index (χ0n) is 53.4. The number of hydrogen-bond acceptors (Lipinski definition) is 14. The van der Waals surface area contributed by atoms with Crippen molar-refractivity contribution in [1.82, 2.24) is 63.1 Å². The molecule has 4 aromatic rings. The Morgan fingerprint density at radius 3 is 1.84 bits per heavy atom. The largest absolute Gasteiger partial charge is 0.394 e. The number of likely N-dealkylation sites (tertiary alicyclic amines) is 1. The first-order chi connectivity index (χ1) is 45.2. The first-order valence-corrected chi connectivity index (χ1v) is 32.2. The van der Waals surface area contributed by atoms with Gasteiger partial charge in [0.1, 0.15) is 60.4 Å². The number of carbonyl (C=O) groups is 12. The predicted molar refractivity (Wildman–Crippen MR) is 353 cm³/mol. The summed E-state index contributed by atoms with van der Waals surface area (Å²) in [6.45, 7) is 5.20. The van der Waals surface area contributed by atoms with Gasteiger partial charge in [-0.05, 0) is 111 Å². The molecule has 0 saturated carbocycles. The van der Waals surface area contributed by atoms with Crippen molar-refractivity contribution in [3.05, 3.63) is 106 Å². The van der Waals surface area contributed by atoms with E-state index in [2.05, 4.69) is 63.1 Å². The lowest BCUT2D eigenvalue weighted by Gasteiger charge is -2.31. The van der Waals surface area contributed by atoms with E-state index in [9.17, 15) is 62.6 Å². The molecule has 3 heterocycles. The highest BCUT2D eigenvalue weighted by molar-refractivity contribution is 6.30. The van der Waals surface area contributed by atoms with Crippen molar-refractivity contribution in [3.63, 3.8) is 0 Å². The van der Waals surface area contributed by atoms with Gasteiger partial charge in [-0.2, -0.15) is 0 Å². The van der Waals surface area contributed by atoms with E-state index in [1.807, 2.05) is 0 Å². The quantitative estimate of drug-likeness (QED) is 0.0207. The van der Waals surface area contributed by atoms with Gasteiger partial charge in [0.05, 0.1) is 6.61 Å². The molecule has 95 heavy (non-hydrogen) atoms. The van der Waals surface area contributed by atoms with Crippen molar-refractivity contribution in [3.8, 4) is 0 Å². The monoisotopic (exact) mass is 1360 g/mol. The summed E-state index contributed by atoms with van der Waals surface area (Å²) in [4.78, 5) is 176. The molecule has 2 aliphatic rings. The lowest BCUT2D eigenvalue weighted by Crippen LogP contribution is -2.61. The second-order valence-electron chi connectivity index (χ2n) is 24.0. The molecule has 10 atom stereocenters. The van der Waals surface area contributed by atoms with Gasteiger partial charge in [0.15, 0.2) is 5.96 Å². The topological polar surface area (TPSA) is 455 Å². The number of nitrogens with zero attached hydrogens (tertiary/aromatic N) is 2. The number of nitrogens with two attached hydrogens (primary N) is 3. The molecule has 12 amide bonds. The predicted octanol–water partition coefficient (Wildman–Crippen LogP) is -0.836. The smallest absolute Gasteiger partial charge is 0.245 e. The Bertz CT molecular complexity index is 3420. The van der Waals surface area contributed by atoms with Crippen LogP contribution in [0.3, 0.4) is 0 Å². The number of carbonyl (C=O) groups excluding carboxylic acids is 12. The van der Waals surface area contributed by atoms with E-state index in [1.165, 1.54) is 18.7 Å². The molecule has 1 aromatic heterocycles. The first kappa shape index (κ1) is 74.7. The fourth-order valence-electron chi connectivity index (χ4n) is 11.0. The van der Waals surface area contributed by atoms with E-state index in [0.717, 1.165) is 0 Å². The van der Waals surface area contributed by atoms with Gasteiger partial charge >= 0.3 is 0 Å². The zero-order valence-corrected chi connectivity index (χ0v) is 54.9. The van der Waals surface area contributed by atoms with Crippen LogP contribution in [0.5, 0.6) is 0 Å². The molecule has 6 rings (SSSR count). The highest BCUT2D eigenvalue weighted by atomic mass is 35.5. The van der Waals surface area contributed by atoms with Crippen molar-refractivity contribution in [2.45, 2.75) is 165 Å². The summed E-state index contributed by atoms with van der Waals surface area (Å²) >= 11 is 12.3. The van der Waals surface area contributed by atoms with Gasteiger partial charge < -0.3 is 85.4 Å². The van der Waals surface area contributed by atoms with Crippen molar-refractivity contribution < 1.29 is 62.6 Å².